The van der Waals surface area contributed by atoms with E-state index in [4.69, 9.17) is 0 Å². The van der Waals surface area contributed by atoms with Gasteiger partial charge in [0.05, 0.1) is 7.11 Å². The first-order valence-corrected chi connectivity index (χ1v) is 7.19. The minimum Gasteiger partial charge on any atom is -0.468 e. The molecule has 1 heterocycles. The van der Waals surface area contributed by atoms with E-state index in [1.54, 1.807) is 23.1 Å². The van der Waals surface area contributed by atoms with E-state index in [9.17, 15) is 13.2 Å². The van der Waals surface area contributed by atoms with Crippen LogP contribution in [-0.2, 0) is 19.6 Å². The summed E-state index contributed by atoms with van der Waals surface area (Å²) in [5, 5.41) is 0. The number of carbonyl (C=O) groups is 1. The number of esters is 1. The van der Waals surface area contributed by atoms with Gasteiger partial charge >= 0.3 is 5.97 Å². The van der Waals surface area contributed by atoms with E-state index in [1.807, 2.05) is 6.92 Å². The number of nitrogens with zero attached hydrogens (tertiary/aromatic N) is 2. The Morgan fingerprint density at radius 3 is 2.68 bits per heavy atom. The quantitative estimate of drug-likeness (QED) is 0.760. The van der Waals surface area contributed by atoms with Gasteiger partial charge in [-0.2, -0.15) is 8.42 Å². The maximum atomic E-state index is 11.9. The molecule has 1 aliphatic rings. The second-order valence-corrected chi connectivity index (χ2v) is 5.55. The molecule has 6 nitrogen and oxygen atoms in total. The summed E-state index contributed by atoms with van der Waals surface area (Å²) in [7, 11) is -2.37. The van der Waals surface area contributed by atoms with Crippen molar-refractivity contribution >= 4 is 21.8 Å². The Hall–Kier alpha value is -1.89. The highest BCUT2D eigenvalue weighted by atomic mass is 32.2. The highest BCUT2D eigenvalue weighted by Gasteiger charge is 2.31. The van der Waals surface area contributed by atoms with Gasteiger partial charge in [0.1, 0.15) is 11.4 Å². The second kappa shape index (κ2) is 5.00. The molecule has 102 valence electrons. The van der Waals surface area contributed by atoms with Crippen LogP contribution in [0.5, 0.6) is 0 Å². The van der Waals surface area contributed by atoms with Gasteiger partial charge in [-0.3, -0.25) is 4.79 Å². The molecule has 0 saturated heterocycles. The first kappa shape index (κ1) is 13.5. The monoisotopic (exact) mass is 282 g/mol. The molecule has 0 radical (unpaired) electrons. The van der Waals surface area contributed by atoms with Gasteiger partial charge in [-0.25, -0.2) is 0 Å². The Labute approximate surface area is 111 Å². The summed E-state index contributed by atoms with van der Waals surface area (Å²) in [4.78, 5) is 13.1. The van der Waals surface area contributed by atoms with E-state index in [1.165, 1.54) is 13.2 Å². The van der Waals surface area contributed by atoms with Gasteiger partial charge in [-0.05, 0) is 19.1 Å². The van der Waals surface area contributed by atoms with Crippen LogP contribution < -0.4 is 0 Å². The molecule has 1 aliphatic heterocycles. The fourth-order valence-electron chi connectivity index (χ4n) is 1.87. The van der Waals surface area contributed by atoms with Gasteiger partial charge in [0, 0.05) is 12.1 Å². The molecular weight excluding hydrogens is 268 g/mol. The molecule has 19 heavy (non-hydrogen) atoms. The average molecular weight is 282 g/mol. The maximum Gasteiger partial charge on any atom is 0.325 e. The minimum atomic E-state index is -3.66. The summed E-state index contributed by atoms with van der Waals surface area (Å²) in [6, 6.07) is 6.57. The number of methoxy groups -OCH3 is 1. The van der Waals surface area contributed by atoms with Gasteiger partial charge in [0.25, 0.3) is 10.0 Å². The zero-order chi connectivity index (χ0) is 14.0. The predicted octanol–water partition coefficient (Wildman–Crippen LogP) is 0.630. The molecule has 0 atom stereocenters. The summed E-state index contributed by atoms with van der Waals surface area (Å²) < 4.78 is 32.2. The zero-order valence-electron chi connectivity index (χ0n) is 10.7. The largest absolute Gasteiger partial charge is 0.468 e. The van der Waals surface area contributed by atoms with Gasteiger partial charge < -0.3 is 9.64 Å². The summed E-state index contributed by atoms with van der Waals surface area (Å²) in [5.74, 6) is -0.144. The highest BCUT2D eigenvalue weighted by molar-refractivity contribution is 7.90. The average Bonchev–Trinajstić information content (AvgIpc) is 2.68. The van der Waals surface area contributed by atoms with Crippen LogP contribution in [0, 0.1) is 0 Å². The number of sulfonamides is 1. The molecule has 0 spiro atoms. The van der Waals surface area contributed by atoms with Crippen molar-refractivity contribution in [2.75, 3.05) is 20.2 Å². The van der Waals surface area contributed by atoms with Crippen LogP contribution in [0.15, 0.2) is 33.6 Å². The number of carbonyl (C=O) groups excluding carboxylic acids is 1. The van der Waals surface area contributed by atoms with E-state index in [-0.39, 0.29) is 11.4 Å². The van der Waals surface area contributed by atoms with Crippen molar-refractivity contribution in [2.45, 2.75) is 11.8 Å². The van der Waals surface area contributed by atoms with E-state index < -0.39 is 16.0 Å². The van der Waals surface area contributed by atoms with Crippen LogP contribution in [0.25, 0.3) is 0 Å². The van der Waals surface area contributed by atoms with Crippen molar-refractivity contribution < 1.29 is 17.9 Å². The molecule has 0 aromatic heterocycles. The zero-order valence-corrected chi connectivity index (χ0v) is 11.5. The van der Waals surface area contributed by atoms with Gasteiger partial charge in [0.15, 0.2) is 5.84 Å². The SMILES string of the molecule is CCN(CC(=O)OC)C1=NS(=O)(=O)c2ccccc21. The van der Waals surface area contributed by atoms with Crippen molar-refractivity contribution in [1.29, 1.82) is 0 Å². The number of rotatable bonds is 3. The van der Waals surface area contributed by atoms with E-state index in [0.717, 1.165) is 0 Å². The molecule has 0 N–H and O–H groups in total. The van der Waals surface area contributed by atoms with Crippen molar-refractivity contribution in [3.63, 3.8) is 0 Å². The summed E-state index contributed by atoms with van der Waals surface area (Å²) in [6.45, 7) is 2.24. The summed E-state index contributed by atoms with van der Waals surface area (Å²) in [6.07, 6.45) is 0. The lowest BCUT2D eigenvalue weighted by Crippen LogP contribution is -2.35. The number of amidine groups is 1. The summed E-state index contributed by atoms with van der Waals surface area (Å²) >= 11 is 0. The standard InChI is InChI=1S/C12H14N2O4S/c1-3-14(8-11(15)18-2)12-9-6-4-5-7-10(9)19(16,17)13-12/h4-7H,3,8H2,1-2H3. The molecule has 0 aliphatic carbocycles. The lowest BCUT2D eigenvalue weighted by molar-refractivity contribution is -0.140. The van der Waals surface area contributed by atoms with E-state index in [0.29, 0.717) is 17.9 Å². The summed E-state index contributed by atoms with van der Waals surface area (Å²) in [5.41, 5.74) is 0.522. The first-order valence-electron chi connectivity index (χ1n) is 5.75. The number of hydrogen-bond donors (Lipinski definition) is 0. The van der Waals surface area contributed by atoms with E-state index in [2.05, 4.69) is 9.13 Å². The fraction of sp³-hybridized carbons (Fsp3) is 0.333. The fourth-order valence-corrected chi connectivity index (χ4v) is 3.10. The molecular formula is C12H14N2O4S. The molecule has 1 aromatic rings. The third-order valence-electron chi connectivity index (χ3n) is 2.84. The number of ether oxygens (including phenoxy) is 1. The highest BCUT2D eigenvalue weighted by Crippen LogP contribution is 2.27. The molecule has 0 bridgehead atoms. The van der Waals surface area contributed by atoms with Crippen molar-refractivity contribution in [3.8, 4) is 0 Å². The Bertz CT molecular complexity index is 637. The lowest BCUT2D eigenvalue weighted by Gasteiger charge is -2.21. The predicted molar refractivity (Wildman–Crippen MR) is 69.4 cm³/mol. The van der Waals surface area contributed by atoms with Crippen LogP contribution >= 0.6 is 0 Å². The number of likely N-dealkylation sites (N-methyl/N-ethyl adjacent to an activating group) is 1. The van der Waals surface area contributed by atoms with Crippen LogP contribution in [0.1, 0.15) is 12.5 Å². The molecule has 0 saturated carbocycles. The number of fused-ring (bicyclic) bond motifs is 1. The van der Waals surface area contributed by atoms with Crippen LogP contribution in [0.4, 0.5) is 0 Å². The lowest BCUT2D eigenvalue weighted by atomic mass is 10.2. The number of hydrogen-bond acceptors (Lipinski definition) is 5. The molecule has 0 amide bonds. The van der Waals surface area contributed by atoms with Crippen LogP contribution in [-0.4, -0.2) is 45.3 Å². The van der Waals surface area contributed by atoms with Crippen LogP contribution in [0.2, 0.25) is 0 Å². The van der Waals surface area contributed by atoms with Gasteiger partial charge in [0.2, 0.25) is 0 Å². The third-order valence-corrected chi connectivity index (χ3v) is 4.17. The maximum absolute atomic E-state index is 11.9. The minimum absolute atomic E-state index is 0.0321. The second-order valence-electron chi connectivity index (χ2n) is 3.98. The van der Waals surface area contributed by atoms with Crippen molar-refractivity contribution in [3.05, 3.63) is 29.8 Å². The van der Waals surface area contributed by atoms with Gasteiger partial charge in [-0.1, -0.05) is 12.1 Å². The Kier molecular flexibility index (Phi) is 3.57. The Morgan fingerprint density at radius 2 is 2.05 bits per heavy atom. The van der Waals surface area contributed by atoms with Crippen molar-refractivity contribution in [1.82, 2.24) is 4.90 Å². The molecule has 0 fully saturated rings. The smallest absolute Gasteiger partial charge is 0.325 e. The Balaban J connectivity index is 2.43. The first-order chi connectivity index (χ1) is 8.99. The Morgan fingerprint density at radius 1 is 1.37 bits per heavy atom. The normalized spacial score (nSPS) is 15.6. The molecule has 2 rings (SSSR count). The van der Waals surface area contributed by atoms with Crippen molar-refractivity contribution in [2.24, 2.45) is 4.40 Å². The topological polar surface area (TPSA) is 76.0 Å². The molecule has 7 heteroatoms. The van der Waals surface area contributed by atoms with Crippen LogP contribution in [0.3, 0.4) is 0 Å². The third kappa shape index (κ3) is 2.46. The number of benzene rings is 1. The van der Waals surface area contributed by atoms with Gasteiger partial charge in [-0.15, -0.1) is 4.40 Å². The van der Waals surface area contributed by atoms with E-state index >= 15 is 0 Å². The molecule has 0 unspecified atom stereocenters. The molecule has 1 aromatic carbocycles.